The maximum Gasteiger partial charge on any atom is 0.303 e. The molecule has 4 nitrogen and oxygen atoms in total. The van der Waals surface area contributed by atoms with Crippen LogP contribution in [0, 0.1) is 5.92 Å². The number of rotatable bonds is 6. The normalized spacial score (nSPS) is 13.7. The number of aliphatic carboxylic acids is 1. The zero-order valence-electron chi connectivity index (χ0n) is 9.41. The number of carbonyl (C=O) groups excluding carboxylic acids is 1. The Labute approximate surface area is 85.1 Å². The number of quaternary nitrogens is 1. The molecule has 1 N–H and O–H groups in total. The van der Waals surface area contributed by atoms with Gasteiger partial charge < -0.3 is 14.4 Å². The SMILES string of the molecule is CC(=O)C[C@H](CC(=O)O)C[N+](C)(C)C. The highest BCUT2D eigenvalue weighted by Crippen LogP contribution is 2.13. The molecule has 1 atom stereocenters. The van der Waals surface area contributed by atoms with Gasteiger partial charge in [-0.05, 0) is 6.92 Å². The first-order chi connectivity index (χ1) is 6.20. The highest BCUT2D eigenvalue weighted by atomic mass is 16.4. The second kappa shape index (κ2) is 5.10. The Morgan fingerprint density at radius 2 is 1.71 bits per heavy atom. The molecule has 0 bridgehead atoms. The summed E-state index contributed by atoms with van der Waals surface area (Å²) in [5.74, 6) is -0.820. The van der Waals surface area contributed by atoms with Gasteiger partial charge in [-0.3, -0.25) is 4.79 Å². The lowest BCUT2D eigenvalue weighted by molar-refractivity contribution is -0.873. The van der Waals surface area contributed by atoms with E-state index in [9.17, 15) is 9.59 Å². The van der Waals surface area contributed by atoms with E-state index in [-0.39, 0.29) is 18.1 Å². The number of Topliss-reactive ketones (excluding diaryl/α,β-unsaturated/α-hetero) is 1. The van der Waals surface area contributed by atoms with Gasteiger partial charge in [-0.2, -0.15) is 0 Å². The molecule has 0 saturated heterocycles. The van der Waals surface area contributed by atoms with Gasteiger partial charge >= 0.3 is 5.97 Å². The summed E-state index contributed by atoms with van der Waals surface area (Å²) in [6.45, 7) is 2.22. The highest BCUT2D eigenvalue weighted by molar-refractivity contribution is 5.76. The van der Waals surface area contributed by atoms with Crippen LogP contribution in [-0.4, -0.2) is 49.0 Å². The van der Waals surface area contributed by atoms with Gasteiger partial charge in [-0.15, -0.1) is 0 Å². The number of carboxylic acids is 1. The lowest BCUT2D eigenvalue weighted by atomic mass is 9.98. The molecule has 0 aromatic rings. The highest BCUT2D eigenvalue weighted by Gasteiger charge is 2.22. The van der Waals surface area contributed by atoms with Crippen molar-refractivity contribution in [2.45, 2.75) is 19.8 Å². The summed E-state index contributed by atoms with van der Waals surface area (Å²) in [6, 6.07) is 0. The average Bonchev–Trinajstić information content (AvgIpc) is 1.77. The molecule has 82 valence electrons. The van der Waals surface area contributed by atoms with E-state index >= 15 is 0 Å². The van der Waals surface area contributed by atoms with Crippen molar-refractivity contribution in [1.29, 1.82) is 0 Å². The molecule has 0 spiro atoms. The topological polar surface area (TPSA) is 54.4 Å². The van der Waals surface area contributed by atoms with Gasteiger partial charge in [0.05, 0.1) is 34.1 Å². The van der Waals surface area contributed by atoms with Gasteiger partial charge in [-0.1, -0.05) is 0 Å². The van der Waals surface area contributed by atoms with Crippen LogP contribution >= 0.6 is 0 Å². The zero-order chi connectivity index (χ0) is 11.4. The van der Waals surface area contributed by atoms with Crippen LogP contribution in [0.4, 0.5) is 0 Å². The van der Waals surface area contributed by atoms with Crippen LogP contribution in [0.3, 0.4) is 0 Å². The van der Waals surface area contributed by atoms with Crippen LogP contribution in [0.5, 0.6) is 0 Å². The Morgan fingerprint density at radius 1 is 1.21 bits per heavy atom. The maximum atomic E-state index is 10.9. The van der Waals surface area contributed by atoms with Crippen molar-refractivity contribution in [3.63, 3.8) is 0 Å². The lowest BCUT2D eigenvalue weighted by Gasteiger charge is -2.28. The molecule has 0 saturated carbocycles. The third-order valence-electron chi connectivity index (χ3n) is 1.85. The Kier molecular flexibility index (Phi) is 4.77. The standard InChI is InChI=1S/C10H19NO3/c1-8(12)5-9(6-10(13)14)7-11(2,3)4/h9H,5-7H2,1-4H3/p+1/t9-/m1/s1. The maximum absolute atomic E-state index is 10.9. The van der Waals surface area contributed by atoms with Crippen molar-refractivity contribution in [2.24, 2.45) is 5.92 Å². The second-order valence-corrected chi connectivity index (χ2v) is 4.84. The summed E-state index contributed by atoms with van der Waals surface area (Å²) >= 11 is 0. The zero-order valence-corrected chi connectivity index (χ0v) is 9.41. The third kappa shape index (κ3) is 7.73. The quantitative estimate of drug-likeness (QED) is 0.647. The van der Waals surface area contributed by atoms with Gasteiger partial charge in [0.1, 0.15) is 5.78 Å². The third-order valence-corrected chi connectivity index (χ3v) is 1.85. The molecule has 4 heteroatoms. The Morgan fingerprint density at radius 3 is 2.00 bits per heavy atom. The van der Waals surface area contributed by atoms with Crippen molar-refractivity contribution < 1.29 is 19.2 Å². The van der Waals surface area contributed by atoms with Crippen molar-refractivity contribution in [1.82, 2.24) is 0 Å². The molecule has 0 amide bonds. The number of nitrogens with zero attached hydrogens (tertiary/aromatic N) is 1. The minimum Gasteiger partial charge on any atom is -0.481 e. The van der Waals surface area contributed by atoms with Crippen LogP contribution < -0.4 is 0 Å². The predicted octanol–water partition coefficient (Wildman–Crippen LogP) is 0.763. The molecule has 0 aliphatic rings. The fourth-order valence-corrected chi connectivity index (χ4v) is 1.63. The summed E-state index contributed by atoms with van der Waals surface area (Å²) in [6.07, 6.45) is 0.441. The molecule has 0 aliphatic heterocycles. The second-order valence-electron chi connectivity index (χ2n) is 4.84. The van der Waals surface area contributed by atoms with Crippen LogP contribution in [0.25, 0.3) is 0 Å². The number of carboxylic acid groups (broad SMARTS) is 1. The minimum atomic E-state index is -0.829. The smallest absolute Gasteiger partial charge is 0.303 e. The first kappa shape index (κ1) is 13.1. The van der Waals surface area contributed by atoms with Crippen LogP contribution in [0.15, 0.2) is 0 Å². The van der Waals surface area contributed by atoms with Crippen molar-refractivity contribution in [2.75, 3.05) is 27.7 Å². The van der Waals surface area contributed by atoms with Crippen molar-refractivity contribution >= 4 is 11.8 Å². The van der Waals surface area contributed by atoms with Gasteiger partial charge in [-0.25, -0.2) is 0 Å². The molecule has 14 heavy (non-hydrogen) atoms. The largest absolute Gasteiger partial charge is 0.481 e. The van der Waals surface area contributed by atoms with Gasteiger partial charge in [0.15, 0.2) is 0 Å². The Hall–Kier alpha value is -0.900. The lowest BCUT2D eigenvalue weighted by Crippen LogP contribution is -2.40. The monoisotopic (exact) mass is 202 g/mol. The fourth-order valence-electron chi connectivity index (χ4n) is 1.63. The van der Waals surface area contributed by atoms with Gasteiger partial charge in [0.25, 0.3) is 0 Å². The van der Waals surface area contributed by atoms with Gasteiger partial charge in [0, 0.05) is 12.3 Å². The van der Waals surface area contributed by atoms with Gasteiger partial charge in [0.2, 0.25) is 0 Å². The summed E-state index contributed by atoms with van der Waals surface area (Å²) in [5.41, 5.74) is 0. The number of hydrogen-bond donors (Lipinski definition) is 1. The molecule has 0 aromatic carbocycles. The Bertz CT molecular complexity index is 202. The number of ketones is 1. The van der Waals surface area contributed by atoms with Crippen LogP contribution in [0.2, 0.25) is 0 Å². The number of hydrogen-bond acceptors (Lipinski definition) is 2. The molecule has 0 fully saturated rings. The summed E-state index contributed by atoms with van der Waals surface area (Å²) in [4.78, 5) is 21.5. The summed E-state index contributed by atoms with van der Waals surface area (Å²) < 4.78 is 0.686. The number of carbonyl (C=O) groups is 2. The molecular weight excluding hydrogens is 182 g/mol. The van der Waals surface area contributed by atoms with E-state index in [1.54, 1.807) is 0 Å². The Balaban J connectivity index is 4.24. The molecule has 0 rings (SSSR count). The van der Waals surface area contributed by atoms with E-state index in [0.29, 0.717) is 17.4 Å². The first-order valence-electron chi connectivity index (χ1n) is 4.72. The van der Waals surface area contributed by atoms with Crippen molar-refractivity contribution in [3.8, 4) is 0 Å². The molecule has 0 heterocycles. The average molecular weight is 202 g/mol. The van der Waals surface area contributed by atoms with E-state index in [2.05, 4.69) is 0 Å². The van der Waals surface area contributed by atoms with E-state index < -0.39 is 5.97 Å². The first-order valence-corrected chi connectivity index (χ1v) is 4.72. The van der Waals surface area contributed by atoms with E-state index in [4.69, 9.17) is 5.11 Å². The van der Waals surface area contributed by atoms with E-state index in [0.717, 1.165) is 0 Å². The van der Waals surface area contributed by atoms with Crippen LogP contribution in [-0.2, 0) is 9.59 Å². The summed E-state index contributed by atoms with van der Waals surface area (Å²) in [5, 5.41) is 8.68. The molecule has 0 aliphatic carbocycles. The summed E-state index contributed by atoms with van der Waals surface area (Å²) in [7, 11) is 5.99. The molecule has 0 unspecified atom stereocenters. The fraction of sp³-hybridized carbons (Fsp3) is 0.800. The molecular formula is C10H20NO3+. The van der Waals surface area contributed by atoms with E-state index in [1.807, 2.05) is 21.1 Å². The molecule has 0 aromatic heterocycles. The van der Waals surface area contributed by atoms with Crippen LogP contribution in [0.1, 0.15) is 19.8 Å². The molecule has 0 radical (unpaired) electrons. The van der Waals surface area contributed by atoms with E-state index in [1.165, 1.54) is 6.92 Å². The minimum absolute atomic E-state index is 0.0509. The predicted molar refractivity (Wildman–Crippen MR) is 53.9 cm³/mol. The van der Waals surface area contributed by atoms with Crippen molar-refractivity contribution in [3.05, 3.63) is 0 Å².